The van der Waals surface area contributed by atoms with E-state index < -0.39 is 0 Å². The fourth-order valence-electron chi connectivity index (χ4n) is 3.54. The highest BCUT2D eigenvalue weighted by atomic mass is 35.5. The van der Waals surface area contributed by atoms with Crippen molar-refractivity contribution in [1.29, 1.82) is 0 Å². The van der Waals surface area contributed by atoms with Gasteiger partial charge in [0.2, 0.25) is 0 Å². The second-order valence-corrected chi connectivity index (χ2v) is 7.81. The minimum Gasteiger partial charge on any atom is -0.459 e. The van der Waals surface area contributed by atoms with Crippen molar-refractivity contribution >= 4 is 29.2 Å². The molecule has 3 aromatic rings. The maximum Gasteiger partial charge on any atom is 0.338 e. The summed E-state index contributed by atoms with van der Waals surface area (Å²) in [6.45, 7) is 0. The van der Waals surface area contributed by atoms with Gasteiger partial charge in [-0.25, -0.2) is 4.79 Å². The van der Waals surface area contributed by atoms with Gasteiger partial charge in [0.05, 0.1) is 5.56 Å². The molecular weight excluding hydrogens is 402 g/mol. The Kier molecular flexibility index (Phi) is 6.19. The molecule has 1 N–H and O–H groups in total. The van der Waals surface area contributed by atoms with Crippen LogP contribution in [0.2, 0.25) is 5.02 Å². The van der Waals surface area contributed by atoms with E-state index in [1.165, 1.54) is 6.42 Å². The predicted molar refractivity (Wildman–Crippen MR) is 116 cm³/mol. The molecule has 1 heterocycles. The molecule has 1 amide bonds. The van der Waals surface area contributed by atoms with Gasteiger partial charge in [-0.2, -0.15) is 0 Å². The Morgan fingerprint density at radius 1 is 0.967 bits per heavy atom. The summed E-state index contributed by atoms with van der Waals surface area (Å²) in [5.74, 6) is 0.0481. The number of benzene rings is 2. The molecule has 1 aliphatic carbocycles. The third-order valence-electron chi connectivity index (χ3n) is 5.14. The van der Waals surface area contributed by atoms with Crippen LogP contribution >= 0.6 is 11.6 Å². The van der Waals surface area contributed by atoms with Crippen LogP contribution in [0.3, 0.4) is 0 Å². The van der Waals surface area contributed by atoms with E-state index in [1.807, 2.05) is 12.1 Å². The van der Waals surface area contributed by atoms with Crippen LogP contribution in [0.4, 0.5) is 5.69 Å². The summed E-state index contributed by atoms with van der Waals surface area (Å²) in [5.41, 5.74) is 1.83. The van der Waals surface area contributed by atoms with Gasteiger partial charge in [0, 0.05) is 16.3 Å². The van der Waals surface area contributed by atoms with Gasteiger partial charge < -0.3 is 14.5 Å². The zero-order valence-electron chi connectivity index (χ0n) is 16.4. The molecule has 6 heteroatoms. The monoisotopic (exact) mass is 423 g/mol. The minimum absolute atomic E-state index is 0.0123. The molecule has 0 saturated heterocycles. The molecule has 1 aromatic heterocycles. The largest absolute Gasteiger partial charge is 0.459 e. The van der Waals surface area contributed by atoms with Crippen molar-refractivity contribution < 1.29 is 18.7 Å². The number of halogens is 1. The van der Waals surface area contributed by atoms with E-state index in [1.54, 1.807) is 48.5 Å². The molecule has 0 bridgehead atoms. The number of amides is 1. The number of hydrogen-bond donors (Lipinski definition) is 1. The van der Waals surface area contributed by atoms with Crippen LogP contribution in [0.1, 0.15) is 53.0 Å². The normalized spacial score (nSPS) is 14.3. The van der Waals surface area contributed by atoms with E-state index in [9.17, 15) is 9.59 Å². The van der Waals surface area contributed by atoms with Crippen molar-refractivity contribution in [3.05, 3.63) is 77.0 Å². The molecule has 0 spiro atoms. The average Bonchev–Trinajstić information content (AvgIpc) is 3.25. The number of furan rings is 1. The van der Waals surface area contributed by atoms with E-state index in [4.69, 9.17) is 20.8 Å². The maximum atomic E-state index is 12.5. The zero-order valence-corrected chi connectivity index (χ0v) is 17.2. The molecule has 1 aliphatic rings. The number of carbonyl (C=O) groups is 2. The summed E-state index contributed by atoms with van der Waals surface area (Å²) in [6, 6.07) is 17.2. The summed E-state index contributed by atoms with van der Waals surface area (Å²) < 4.78 is 11.2. The van der Waals surface area contributed by atoms with Crippen LogP contribution in [0.25, 0.3) is 11.3 Å². The number of hydrogen-bond acceptors (Lipinski definition) is 4. The lowest BCUT2D eigenvalue weighted by molar-refractivity contribution is 0.0211. The number of anilines is 1. The lowest BCUT2D eigenvalue weighted by Gasteiger charge is -2.21. The SMILES string of the molecule is O=C(OC1CCCCC1)c1ccc(NC(=O)c2ccc(-c3cccc(Cl)c3)o2)cc1. The van der Waals surface area contributed by atoms with Gasteiger partial charge in [-0.3, -0.25) is 4.79 Å². The van der Waals surface area contributed by atoms with Crippen molar-refractivity contribution in [1.82, 2.24) is 0 Å². The van der Waals surface area contributed by atoms with Crippen LogP contribution in [0, 0.1) is 0 Å². The molecule has 0 aliphatic heterocycles. The Hall–Kier alpha value is -3.05. The molecule has 5 nitrogen and oxygen atoms in total. The van der Waals surface area contributed by atoms with Crippen molar-refractivity contribution in [2.45, 2.75) is 38.2 Å². The topological polar surface area (TPSA) is 68.5 Å². The van der Waals surface area contributed by atoms with Crippen LogP contribution in [0.15, 0.2) is 65.1 Å². The highest BCUT2D eigenvalue weighted by molar-refractivity contribution is 6.30. The number of nitrogens with one attached hydrogen (secondary N) is 1. The Balaban J connectivity index is 1.37. The Morgan fingerprint density at radius 2 is 1.73 bits per heavy atom. The summed E-state index contributed by atoms with van der Waals surface area (Å²) >= 11 is 6.01. The summed E-state index contributed by atoms with van der Waals surface area (Å²) in [5, 5.41) is 3.37. The van der Waals surface area contributed by atoms with Gasteiger partial charge >= 0.3 is 5.97 Å². The predicted octanol–water partition coefficient (Wildman–Crippen LogP) is 6.34. The fraction of sp³-hybridized carbons (Fsp3) is 0.250. The maximum absolute atomic E-state index is 12.5. The van der Waals surface area contributed by atoms with E-state index >= 15 is 0 Å². The molecule has 1 saturated carbocycles. The lowest BCUT2D eigenvalue weighted by atomic mass is 9.98. The molecule has 30 heavy (non-hydrogen) atoms. The number of esters is 1. The standard InChI is InChI=1S/C24H22ClNO4/c25-18-6-4-5-17(15-18)21-13-14-22(30-21)23(27)26-19-11-9-16(10-12-19)24(28)29-20-7-2-1-3-8-20/h4-6,9-15,20H,1-3,7-8H2,(H,26,27). The van der Waals surface area contributed by atoms with Crippen molar-refractivity contribution in [3.63, 3.8) is 0 Å². The lowest BCUT2D eigenvalue weighted by Crippen LogP contribution is -2.20. The summed E-state index contributed by atoms with van der Waals surface area (Å²) in [4.78, 5) is 24.8. The first-order valence-corrected chi connectivity index (χ1v) is 10.4. The number of carbonyl (C=O) groups excluding carboxylic acids is 2. The summed E-state index contributed by atoms with van der Waals surface area (Å²) in [6.07, 6.45) is 5.29. The highest BCUT2D eigenvalue weighted by Gasteiger charge is 2.19. The van der Waals surface area contributed by atoms with Gasteiger partial charge in [0.1, 0.15) is 11.9 Å². The van der Waals surface area contributed by atoms with Gasteiger partial charge in [-0.1, -0.05) is 30.2 Å². The first-order chi connectivity index (χ1) is 14.6. The van der Waals surface area contributed by atoms with Crippen LogP contribution in [-0.4, -0.2) is 18.0 Å². The highest BCUT2D eigenvalue weighted by Crippen LogP contribution is 2.25. The molecule has 0 radical (unpaired) electrons. The van der Waals surface area contributed by atoms with Gasteiger partial charge in [-0.05, 0) is 74.2 Å². The number of rotatable bonds is 5. The van der Waals surface area contributed by atoms with E-state index in [2.05, 4.69) is 5.32 Å². The first-order valence-electron chi connectivity index (χ1n) is 10.1. The van der Waals surface area contributed by atoms with Gasteiger partial charge in [0.15, 0.2) is 5.76 Å². The minimum atomic E-state index is -0.374. The molecule has 4 rings (SSSR count). The average molecular weight is 424 g/mol. The van der Waals surface area contributed by atoms with Crippen LogP contribution in [-0.2, 0) is 4.74 Å². The van der Waals surface area contributed by atoms with E-state index in [-0.39, 0.29) is 23.7 Å². The molecule has 0 unspecified atom stereocenters. The van der Waals surface area contributed by atoms with Crippen LogP contribution in [0.5, 0.6) is 0 Å². The third kappa shape index (κ3) is 4.92. The fourth-order valence-corrected chi connectivity index (χ4v) is 3.73. The molecule has 154 valence electrons. The second-order valence-electron chi connectivity index (χ2n) is 7.37. The molecule has 1 fully saturated rings. The van der Waals surface area contributed by atoms with Crippen molar-refractivity contribution in [2.75, 3.05) is 5.32 Å². The number of ether oxygens (including phenoxy) is 1. The Morgan fingerprint density at radius 3 is 2.47 bits per heavy atom. The smallest absolute Gasteiger partial charge is 0.338 e. The first kappa shape index (κ1) is 20.2. The van der Waals surface area contributed by atoms with Crippen LogP contribution < -0.4 is 5.32 Å². The quantitative estimate of drug-likeness (QED) is 0.486. The third-order valence-corrected chi connectivity index (χ3v) is 5.38. The van der Waals surface area contributed by atoms with E-state index in [0.29, 0.717) is 22.0 Å². The second kappa shape index (κ2) is 9.18. The summed E-state index contributed by atoms with van der Waals surface area (Å²) in [7, 11) is 0. The molecule has 2 aromatic carbocycles. The Bertz CT molecular complexity index is 1040. The zero-order chi connectivity index (χ0) is 20.9. The Labute approximate surface area is 180 Å². The van der Waals surface area contributed by atoms with E-state index in [0.717, 1.165) is 31.2 Å². The van der Waals surface area contributed by atoms with Crippen molar-refractivity contribution in [2.24, 2.45) is 0 Å². The van der Waals surface area contributed by atoms with Crippen molar-refractivity contribution in [3.8, 4) is 11.3 Å². The molecule has 0 atom stereocenters. The molecular formula is C24H22ClNO4. The van der Waals surface area contributed by atoms with Gasteiger partial charge in [0.25, 0.3) is 5.91 Å². The van der Waals surface area contributed by atoms with Gasteiger partial charge in [-0.15, -0.1) is 0 Å².